The van der Waals surface area contributed by atoms with Gasteiger partial charge in [0.05, 0.1) is 19.8 Å². The van der Waals surface area contributed by atoms with Crippen LogP contribution in [-0.4, -0.2) is 37.2 Å². The molecule has 2 aromatic rings. The van der Waals surface area contributed by atoms with Crippen molar-refractivity contribution in [1.82, 2.24) is 4.90 Å². The van der Waals surface area contributed by atoms with Crippen molar-refractivity contribution in [1.29, 1.82) is 0 Å². The SMILES string of the molecule is CCOc1cc(C(=O)N2CCc3ccccc3C2)cc(OCC)c1OCC. The van der Waals surface area contributed by atoms with Gasteiger partial charge in [0, 0.05) is 18.7 Å². The third-order valence-electron chi connectivity index (χ3n) is 4.57. The summed E-state index contributed by atoms with van der Waals surface area (Å²) in [6.45, 7) is 8.53. The van der Waals surface area contributed by atoms with Crippen molar-refractivity contribution in [3.63, 3.8) is 0 Å². The summed E-state index contributed by atoms with van der Waals surface area (Å²) in [4.78, 5) is 15.0. The predicted molar refractivity (Wildman–Crippen MR) is 105 cm³/mol. The Morgan fingerprint density at radius 1 is 0.926 bits per heavy atom. The minimum Gasteiger partial charge on any atom is -0.490 e. The molecule has 2 aromatic carbocycles. The fraction of sp³-hybridized carbons (Fsp3) is 0.409. The smallest absolute Gasteiger partial charge is 0.254 e. The molecule has 0 fully saturated rings. The highest BCUT2D eigenvalue weighted by Gasteiger charge is 2.24. The molecular weight excluding hydrogens is 342 g/mol. The summed E-state index contributed by atoms with van der Waals surface area (Å²) in [5, 5.41) is 0. The Morgan fingerprint density at radius 3 is 2.11 bits per heavy atom. The molecule has 0 radical (unpaired) electrons. The summed E-state index contributed by atoms with van der Waals surface area (Å²) >= 11 is 0. The Bertz CT molecular complexity index is 776. The van der Waals surface area contributed by atoms with Crippen molar-refractivity contribution >= 4 is 5.91 Å². The van der Waals surface area contributed by atoms with Crippen LogP contribution in [0.1, 0.15) is 42.3 Å². The van der Waals surface area contributed by atoms with Gasteiger partial charge < -0.3 is 19.1 Å². The second kappa shape index (κ2) is 8.80. The Balaban J connectivity index is 1.92. The van der Waals surface area contributed by atoms with E-state index in [1.54, 1.807) is 12.1 Å². The molecule has 0 unspecified atom stereocenters. The average molecular weight is 369 g/mol. The number of carbonyl (C=O) groups is 1. The highest BCUT2D eigenvalue weighted by Crippen LogP contribution is 2.39. The molecular formula is C22H27NO4. The van der Waals surface area contributed by atoms with E-state index in [9.17, 15) is 4.79 Å². The summed E-state index contributed by atoms with van der Waals surface area (Å²) in [5.74, 6) is 1.63. The molecule has 1 heterocycles. The van der Waals surface area contributed by atoms with Gasteiger partial charge in [0.15, 0.2) is 11.5 Å². The molecule has 3 rings (SSSR count). The molecule has 0 atom stereocenters. The first kappa shape index (κ1) is 19.1. The molecule has 1 aliphatic heterocycles. The summed E-state index contributed by atoms with van der Waals surface area (Å²) in [6.07, 6.45) is 0.871. The minimum atomic E-state index is -0.0190. The van der Waals surface area contributed by atoms with Crippen LogP contribution in [0.2, 0.25) is 0 Å². The van der Waals surface area contributed by atoms with Crippen LogP contribution in [0.4, 0.5) is 0 Å². The number of benzene rings is 2. The van der Waals surface area contributed by atoms with Crippen LogP contribution in [-0.2, 0) is 13.0 Å². The Morgan fingerprint density at radius 2 is 1.52 bits per heavy atom. The quantitative estimate of drug-likeness (QED) is 0.738. The molecule has 0 saturated carbocycles. The lowest BCUT2D eigenvalue weighted by atomic mass is 9.99. The zero-order chi connectivity index (χ0) is 19.2. The van der Waals surface area contributed by atoms with Gasteiger partial charge in [0.2, 0.25) is 5.75 Å². The third kappa shape index (κ3) is 4.18. The minimum absolute atomic E-state index is 0.0190. The van der Waals surface area contributed by atoms with Crippen LogP contribution in [0.3, 0.4) is 0 Å². The fourth-order valence-electron chi connectivity index (χ4n) is 3.36. The number of hydrogen-bond donors (Lipinski definition) is 0. The van der Waals surface area contributed by atoms with Crippen LogP contribution in [0, 0.1) is 0 Å². The second-order valence-corrected chi connectivity index (χ2v) is 6.35. The molecule has 1 aliphatic rings. The van der Waals surface area contributed by atoms with Crippen LogP contribution >= 0.6 is 0 Å². The van der Waals surface area contributed by atoms with Crippen LogP contribution < -0.4 is 14.2 Å². The van der Waals surface area contributed by atoms with E-state index in [4.69, 9.17) is 14.2 Å². The van der Waals surface area contributed by atoms with Gasteiger partial charge in [-0.05, 0) is 50.5 Å². The lowest BCUT2D eigenvalue weighted by Crippen LogP contribution is -2.36. The van der Waals surface area contributed by atoms with E-state index in [2.05, 4.69) is 12.1 Å². The van der Waals surface area contributed by atoms with Gasteiger partial charge >= 0.3 is 0 Å². The van der Waals surface area contributed by atoms with Gasteiger partial charge in [-0.3, -0.25) is 4.79 Å². The van der Waals surface area contributed by atoms with Crippen molar-refractivity contribution in [3.8, 4) is 17.2 Å². The largest absolute Gasteiger partial charge is 0.490 e. The lowest BCUT2D eigenvalue weighted by Gasteiger charge is -2.29. The molecule has 0 N–H and O–H groups in total. The second-order valence-electron chi connectivity index (χ2n) is 6.35. The maximum Gasteiger partial charge on any atom is 0.254 e. The van der Waals surface area contributed by atoms with E-state index in [1.807, 2.05) is 37.8 Å². The van der Waals surface area contributed by atoms with Crippen LogP contribution in [0.5, 0.6) is 17.2 Å². The number of carbonyl (C=O) groups excluding carboxylic acids is 1. The Hall–Kier alpha value is -2.69. The lowest BCUT2D eigenvalue weighted by molar-refractivity contribution is 0.0733. The van der Waals surface area contributed by atoms with Gasteiger partial charge in [-0.25, -0.2) is 0 Å². The molecule has 144 valence electrons. The highest BCUT2D eigenvalue weighted by molar-refractivity contribution is 5.95. The topological polar surface area (TPSA) is 48.0 Å². The van der Waals surface area contributed by atoms with E-state index in [0.717, 1.165) is 6.42 Å². The maximum atomic E-state index is 13.2. The van der Waals surface area contributed by atoms with E-state index in [0.29, 0.717) is 55.7 Å². The number of amides is 1. The molecule has 5 heteroatoms. The van der Waals surface area contributed by atoms with Crippen molar-refractivity contribution in [2.24, 2.45) is 0 Å². The predicted octanol–water partition coefficient (Wildman–Crippen LogP) is 4.08. The van der Waals surface area contributed by atoms with E-state index in [1.165, 1.54) is 11.1 Å². The van der Waals surface area contributed by atoms with Gasteiger partial charge in [-0.1, -0.05) is 24.3 Å². The number of rotatable bonds is 7. The number of fused-ring (bicyclic) bond motifs is 1. The zero-order valence-corrected chi connectivity index (χ0v) is 16.3. The maximum absolute atomic E-state index is 13.2. The van der Waals surface area contributed by atoms with Crippen molar-refractivity contribution in [3.05, 3.63) is 53.1 Å². The molecule has 1 amide bonds. The first-order valence-electron chi connectivity index (χ1n) is 9.60. The van der Waals surface area contributed by atoms with E-state index >= 15 is 0 Å². The number of ether oxygens (including phenoxy) is 3. The van der Waals surface area contributed by atoms with Gasteiger partial charge in [-0.2, -0.15) is 0 Å². The monoisotopic (exact) mass is 369 g/mol. The fourth-order valence-corrected chi connectivity index (χ4v) is 3.36. The van der Waals surface area contributed by atoms with Crippen molar-refractivity contribution in [2.45, 2.75) is 33.7 Å². The first-order chi connectivity index (χ1) is 13.2. The summed E-state index contributed by atoms with van der Waals surface area (Å²) < 4.78 is 17.2. The van der Waals surface area contributed by atoms with Crippen LogP contribution in [0.25, 0.3) is 0 Å². The molecule has 0 saturated heterocycles. The van der Waals surface area contributed by atoms with Crippen LogP contribution in [0.15, 0.2) is 36.4 Å². The Kier molecular flexibility index (Phi) is 6.22. The number of nitrogens with zero attached hydrogens (tertiary/aromatic N) is 1. The first-order valence-corrected chi connectivity index (χ1v) is 9.60. The Labute approximate surface area is 160 Å². The van der Waals surface area contributed by atoms with E-state index < -0.39 is 0 Å². The van der Waals surface area contributed by atoms with Gasteiger partial charge in [0.1, 0.15) is 0 Å². The molecule has 27 heavy (non-hydrogen) atoms. The van der Waals surface area contributed by atoms with E-state index in [-0.39, 0.29) is 5.91 Å². The highest BCUT2D eigenvalue weighted by atomic mass is 16.5. The van der Waals surface area contributed by atoms with Gasteiger partial charge in [0.25, 0.3) is 5.91 Å². The normalized spacial score (nSPS) is 13.1. The standard InChI is InChI=1S/C22H27NO4/c1-4-25-19-13-18(14-20(26-5-2)21(19)27-6-3)22(24)23-12-11-16-9-7-8-10-17(16)15-23/h7-10,13-14H,4-6,11-12,15H2,1-3H3. The average Bonchev–Trinajstić information content (AvgIpc) is 2.69. The summed E-state index contributed by atoms with van der Waals surface area (Å²) in [6, 6.07) is 11.8. The summed E-state index contributed by atoms with van der Waals surface area (Å²) in [5.41, 5.74) is 3.08. The van der Waals surface area contributed by atoms with Crippen molar-refractivity contribution < 1.29 is 19.0 Å². The summed E-state index contributed by atoms with van der Waals surface area (Å²) in [7, 11) is 0. The zero-order valence-electron chi connectivity index (χ0n) is 16.3. The van der Waals surface area contributed by atoms with Crippen molar-refractivity contribution in [2.75, 3.05) is 26.4 Å². The molecule has 0 bridgehead atoms. The van der Waals surface area contributed by atoms with Gasteiger partial charge in [-0.15, -0.1) is 0 Å². The third-order valence-corrected chi connectivity index (χ3v) is 4.57. The number of hydrogen-bond acceptors (Lipinski definition) is 4. The molecule has 5 nitrogen and oxygen atoms in total. The molecule has 0 aliphatic carbocycles. The molecule has 0 spiro atoms. The molecule has 0 aromatic heterocycles.